The quantitative estimate of drug-likeness (QED) is 0.796. The number of nitrogens with zero attached hydrogens (tertiary/aromatic N) is 1. The van der Waals surface area contributed by atoms with Crippen molar-refractivity contribution in [2.75, 3.05) is 38.3 Å². The van der Waals surface area contributed by atoms with Crippen molar-refractivity contribution < 1.29 is 4.74 Å². The maximum atomic E-state index is 5.58. The largest absolute Gasteiger partial charge is 0.381 e. The molecule has 118 valence electrons. The molecule has 0 aromatic heterocycles. The summed E-state index contributed by atoms with van der Waals surface area (Å²) in [5.41, 5.74) is 2.70. The van der Waals surface area contributed by atoms with E-state index in [-0.39, 0.29) is 0 Å². The highest BCUT2D eigenvalue weighted by Gasteiger charge is 2.26. The van der Waals surface area contributed by atoms with Crippen molar-refractivity contribution >= 4 is 5.69 Å². The lowest BCUT2D eigenvalue weighted by molar-refractivity contribution is 0.177. The van der Waals surface area contributed by atoms with Crippen LogP contribution in [0.2, 0.25) is 0 Å². The molecule has 1 saturated heterocycles. The maximum Gasteiger partial charge on any atom is 0.0510 e. The van der Waals surface area contributed by atoms with Crippen LogP contribution in [0.15, 0.2) is 24.3 Å². The zero-order valence-electron chi connectivity index (χ0n) is 13.8. The summed E-state index contributed by atoms with van der Waals surface area (Å²) in [6.45, 7) is 8.38. The summed E-state index contributed by atoms with van der Waals surface area (Å²) in [5, 5.41) is 3.71. The summed E-state index contributed by atoms with van der Waals surface area (Å²) < 4.78 is 5.58. The molecule has 0 amide bonds. The third-order valence-electron chi connectivity index (χ3n) is 4.45. The zero-order chi connectivity index (χ0) is 15.1. The van der Waals surface area contributed by atoms with Crippen molar-refractivity contribution in [2.45, 2.75) is 39.2 Å². The van der Waals surface area contributed by atoms with E-state index in [0.29, 0.717) is 12.0 Å². The van der Waals surface area contributed by atoms with Crippen molar-refractivity contribution in [3.05, 3.63) is 29.8 Å². The molecule has 1 aromatic carbocycles. The first-order valence-corrected chi connectivity index (χ1v) is 8.35. The number of likely N-dealkylation sites (N-methyl/N-ethyl adjacent to an activating group) is 1. The van der Waals surface area contributed by atoms with Crippen LogP contribution in [0.3, 0.4) is 0 Å². The molecule has 0 radical (unpaired) electrons. The Morgan fingerprint density at radius 3 is 2.62 bits per heavy atom. The summed E-state index contributed by atoms with van der Waals surface area (Å²) in [4.78, 5) is 2.37. The van der Waals surface area contributed by atoms with E-state index in [1.54, 1.807) is 0 Å². The topological polar surface area (TPSA) is 24.5 Å². The Morgan fingerprint density at radius 2 is 2.05 bits per heavy atom. The Kier molecular flexibility index (Phi) is 6.52. The normalized spacial score (nSPS) is 19.7. The molecule has 1 N–H and O–H groups in total. The lowest BCUT2D eigenvalue weighted by Crippen LogP contribution is -2.45. The molecule has 1 aliphatic heterocycles. The van der Waals surface area contributed by atoms with Crippen LogP contribution >= 0.6 is 0 Å². The number of hydrogen-bond acceptors (Lipinski definition) is 3. The van der Waals surface area contributed by atoms with Gasteiger partial charge in [0.2, 0.25) is 0 Å². The Labute approximate surface area is 129 Å². The first kappa shape index (κ1) is 16.3. The molecule has 0 aliphatic carbocycles. The number of rotatable bonds is 8. The minimum atomic E-state index is 0.517. The van der Waals surface area contributed by atoms with E-state index < -0.39 is 0 Å². The summed E-state index contributed by atoms with van der Waals surface area (Å²) in [6.07, 6.45) is 3.47. The number of hydrogen-bond donors (Lipinski definition) is 1. The van der Waals surface area contributed by atoms with Crippen LogP contribution in [0.25, 0.3) is 0 Å². The van der Waals surface area contributed by atoms with E-state index in [9.17, 15) is 0 Å². The molecule has 2 unspecified atom stereocenters. The van der Waals surface area contributed by atoms with Crippen LogP contribution in [0.1, 0.15) is 32.3 Å². The van der Waals surface area contributed by atoms with Crippen LogP contribution in [0.5, 0.6) is 0 Å². The van der Waals surface area contributed by atoms with Gasteiger partial charge in [-0.3, -0.25) is 0 Å². The maximum absolute atomic E-state index is 5.58. The molecule has 3 heteroatoms. The molecule has 1 heterocycles. The van der Waals surface area contributed by atoms with Crippen molar-refractivity contribution in [1.29, 1.82) is 0 Å². The summed E-state index contributed by atoms with van der Waals surface area (Å²) >= 11 is 0. The second-order valence-electron chi connectivity index (χ2n) is 6.08. The van der Waals surface area contributed by atoms with Gasteiger partial charge >= 0.3 is 0 Å². The molecular formula is C18H30N2O. The molecule has 1 aliphatic rings. The average Bonchev–Trinajstić information content (AvgIpc) is 3.05. The molecule has 0 saturated carbocycles. The highest BCUT2D eigenvalue weighted by atomic mass is 16.5. The zero-order valence-corrected chi connectivity index (χ0v) is 13.8. The number of nitrogens with one attached hydrogen (secondary N) is 1. The number of ether oxygens (including phenoxy) is 1. The third-order valence-corrected chi connectivity index (χ3v) is 4.45. The van der Waals surface area contributed by atoms with Gasteiger partial charge in [0.05, 0.1) is 6.61 Å². The summed E-state index contributed by atoms with van der Waals surface area (Å²) in [6, 6.07) is 9.46. The number of benzene rings is 1. The van der Waals surface area contributed by atoms with Crippen LogP contribution < -0.4 is 10.2 Å². The molecule has 21 heavy (non-hydrogen) atoms. The van der Waals surface area contributed by atoms with Gasteiger partial charge in [-0.15, -0.1) is 0 Å². The predicted molar refractivity (Wildman–Crippen MR) is 90.1 cm³/mol. The fraction of sp³-hybridized carbons (Fsp3) is 0.667. The van der Waals surface area contributed by atoms with E-state index in [1.807, 2.05) is 0 Å². The van der Waals surface area contributed by atoms with Gasteiger partial charge in [-0.1, -0.05) is 26.0 Å². The predicted octanol–water partition coefficient (Wildman–Crippen LogP) is 3.09. The molecule has 1 aromatic rings. The number of anilines is 1. The molecule has 0 bridgehead atoms. The third kappa shape index (κ3) is 4.72. The van der Waals surface area contributed by atoms with E-state index in [2.05, 4.69) is 55.4 Å². The molecule has 1 fully saturated rings. The van der Waals surface area contributed by atoms with Gasteiger partial charge in [0.15, 0.2) is 0 Å². The lowest BCUT2D eigenvalue weighted by Gasteiger charge is -2.30. The van der Waals surface area contributed by atoms with Crippen LogP contribution in [0, 0.1) is 5.92 Å². The van der Waals surface area contributed by atoms with E-state index in [0.717, 1.165) is 32.7 Å². The van der Waals surface area contributed by atoms with Gasteiger partial charge in [-0.25, -0.2) is 0 Å². The standard InChI is InChI=1S/C18H30N2O/c1-4-11-19-18(16-10-12-21-14-16)13-20(3)17-8-6-15(5-2)7-9-17/h6-9,16,18-19H,4-5,10-14H2,1-3H3. The van der Waals surface area contributed by atoms with E-state index in [1.165, 1.54) is 24.1 Å². The van der Waals surface area contributed by atoms with Gasteiger partial charge in [-0.05, 0) is 43.5 Å². The first-order valence-electron chi connectivity index (χ1n) is 8.35. The molecule has 2 atom stereocenters. The van der Waals surface area contributed by atoms with E-state index >= 15 is 0 Å². The van der Waals surface area contributed by atoms with Crippen molar-refractivity contribution in [3.8, 4) is 0 Å². The Morgan fingerprint density at radius 1 is 1.29 bits per heavy atom. The van der Waals surface area contributed by atoms with Crippen molar-refractivity contribution in [2.24, 2.45) is 5.92 Å². The average molecular weight is 290 g/mol. The molecular weight excluding hydrogens is 260 g/mol. The van der Waals surface area contributed by atoms with Crippen molar-refractivity contribution in [1.82, 2.24) is 5.32 Å². The Bertz CT molecular complexity index is 398. The van der Waals surface area contributed by atoms with Gasteiger partial charge in [0.25, 0.3) is 0 Å². The minimum absolute atomic E-state index is 0.517. The smallest absolute Gasteiger partial charge is 0.0510 e. The van der Waals surface area contributed by atoms with Crippen molar-refractivity contribution in [3.63, 3.8) is 0 Å². The second-order valence-corrected chi connectivity index (χ2v) is 6.08. The van der Waals surface area contributed by atoms with E-state index in [4.69, 9.17) is 4.74 Å². The summed E-state index contributed by atoms with van der Waals surface area (Å²) in [7, 11) is 2.19. The summed E-state index contributed by atoms with van der Waals surface area (Å²) in [5.74, 6) is 0.647. The first-order chi connectivity index (χ1) is 10.2. The van der Waals surface area contributed by atoms with Gasteiger partial charge in [0, 0.05) is 37.8 Å². The lowest BCUT2D eigenvalue weighted by atomic mass is 9.98. The monoisotopic (exact) mass is 290 g/mol. The fourth-order valence-electron chi connectivity index (χ4n) is 2.97. The van der Waals surface area contributed by atoms with Gasteiger partial charge < -0.3 is 15.0 Å². The highest BCUT2D eigenvalue weighted by Crippen LogP contribution is 2.20. The minimum Gasteiger partial charge on any atom is -0.381 e. The molecule has 2 rings (SSSR count). The Balaban J connectivity index is 1.96. The van der Waals surface area contributed by atoms with Crippen LogP contribution in [0.4, 0.5) is 5.69 Å². The Hall–Kier alpha value is -1.06. The fourth-order valence-corrected chi connectivity index (χ4v) is 2.97. The van der Waals surface area contributed by atoms with Crippen LogP contribution in [-0.2, 0) is 11.2 Å². The molecule has 3 nitrogen and oxygen atoms in total. The highest BCUT2D eigenvalue weighted by molar-refractivity contribution is 5.47. The number of aryl methyl sites for hydroxylation is 1. The van der Waals surface area contributed by atoms with Gasteiger partial charge in [0.1, 0.15) is 0 Å². The molecule has 0 spiro atoms. The van der Waals surface area contributed by atoms with Gasteiger partial charge in [-0.2, -0.15) is 0 Å². The second kappa shape index (κ2) is 8.40. The SMILES string of the molecule is CCCNC(CN(C)c1ccc(CC)cc1)C1CCOC1. The van der Waals surface area contributed by atoms with Crippen LogP contribution in [-0.4, -0.2) is 39.4 Å².